The molecule has 0 fully saturated rings. The number of nitrogens with zero attached hydrogens (tertiary/aromatic N) is 3. The number of aryl methyl sites for hydroxylation is 1. The van der Waals surface area contributed by atoms with Crippen LogP contribution in [-0.4, -0.2) is 34.1 Å². The third-order valence-electron chi connectivity index (χ3n) is 4.20. The smallest absolute Gasteiger partial charge is 0.201 e. The first-order valence-electron chi connectivity index (χ1n) is 8.69. The second-order valence-corrected chi connectivity index (χ2v) is 6.01. The van der Waals surface area contributed by atoms with Crippen LogP contribution in [0.3, 0.4) is 0 Å². The summed E-state index contributed by atoms with van der Waals surface area (Å²) in [5.74, 6) is 0.634. The topological polar surface area (TPSA) is 47.1 Å². The lowest BCUT2D eigenvalue weighted by atomic mass is 10.2. The molecule has 0 saturated carbocycles. The standard InChI is InChI=1S/C18H30N4/c1-3-5-12-21(13-6-4-2)14-9-15-22-17-11-8-7-10-16(17)20-18(22)19/h7-8,10-11H,3-6,9,12-15H2,1-2H3,(H2,19,20). The molecule has 0 aliphatic carbocycles. The fourth-order valence-electron chi connectivity index (χ4n) is 2.88. The van der Waals surface area contributed by atoms with Crippen molar-refractivity contribution < 1.29 is 0 Å². The van der Waals surface area contributed by atoms with Crippen molar-refractivity contribution in [3.8, 4) is 0 Å². The number of rotatable bonds is 10. The minimum absolute atomic E-state index is 0.634. The Morgan fingerprint density at radius 3 is 2.32 bits per heavy atom. The zero-order valence-corrected chi connectivity index (χ0v) is 14.1. The number of hydrogen-bond donors (Lipinski definition) is 1. The fraction of sp³-hybridized carbons (Fsp3) is 0.611. The highest BCUT2D eigenvalue weighted by atomic mass is 15.2. The summed E-state index contributed by atoms with van der Waals surface area (Å²) in [6, 6.07) is 8.19. The third kappa shape index (κ3) is 4.47. The number of aromatic nitrogens is 2. The minimum atomic E-state index is 0.634. The highest BCUT2D eigenvalue weighted by molar-refractivity contribution is 5.78. The van der Waals surface area contributed by atoms with Gasteiger partial charge in [-0.3, -0.25) is 0 Å². The molecule has 0 atom stereocenters. The van der Waals surface area contributed by atoms with E-state index in [2.05, 4.69) is 40.4 Å². The third-order valence-corrected chi connectivity index (χ3v) is 4.20. The van der Waals surface area contributed by atoms with Gasteiger partial charge in [0, 0.05) is 6.54 Å². The monoisotopic (exact) mass is 302 g/mol. The van der Waals surface area contributed by atoms with Crippen LogP contribution >= 0.6 is 0 Å². The highest BCUT2D eigenvalue weighted by Gasteiger charge is 2.08. The molecule has 0 radical (unpaired) electrons. The maximum Gasteiger partial charge on any atom is 0.201 e. The number of nitrogens with two attached hydrogens (primary N) is 1. The van der Waals surface area contributed by atoms with Crippen molar-refractivity contribution in [3.63, 3.8) is 0 Å². The minimum Gasteiger partial charge on any atom is -0.369 e. The summed E-state index contributed by atoms with van der Waals surface area (Å²) in [4.78, 5) is 7.04. The zero-order valence-electron chi connectivity index (χ0n) is 14.1. The average Bonchev–Trinajstić information content (AvgIpc) is 2.85. The van der Waals surface area contributed by atoms with E-state index in [-0.39, 0.29) is 0 Å². The van der Waals surface area contributed by atoms with E-state index in [1.807, 2.05) is 12.1 Å². The second-order valence-electron chi connectivity index (χ2n) is 6.01. The van der Waals surface area contributed by atoms with E-state index in [0.29, 0.717) is 5.95 Å². The molecule has 0 aliphatic rings. The molecule has 22 heavy (non-hydrogen) atoms. The summed E-state index contributed by atoms with van der Waals surface area (Å²) in [5, 5.41) is 0. The van der Waals surface area contributed by atoms with Crippen LogP contribution in [0.1, 0.15) is 46.0 Å². The van der Waals surface area contributed by atoms with Gasteiger partial charge >= 0.3 is 0 Å². The van der Waals surface area contributed by atoms with Crippen LogP contribution in [0.25, 0.3) is 11.0 Å². The Labute approximate surface area is 134 Å². The summed E-state index contributed by atoms with van der Waals surface area (Å²) >= 11 is 0. The van der Waals surface area contributed by atoms with Crippen LogP contribution in [0.5, 0.6) is 0 Å². The predicted octanol–water partition coefficient (Wildman–Crippen LogP) is 3.91. The molecule has 0 unspecified atom stereocenters. The molecule has 1 aromatic carbocycles. The Morgan fingerprint density at radius 1 is 1.00 bits per heavy atom. The Balaban J connectivity index is 1.91. The second kappa shape index (κ2) is 8.79. The fourth-order valence-corrected chi connectivity index (χ4v) is 2.88. The van der Waals surface area contributed by atoms with Crippen LogP contribution in [0.4, 0.5) is 5.95 Å². The van der Waals surface area contributed by atoms with Crippen LogP contribution in [0.2, 0.25) is 0 Å². The maximum atomic E-state index is 6.07. The summed E-state index contributed by atoms with van der Waals surface area (Å²) in [7, 11) is 0. The molecule has 2 rings (SSSR count). The molecule has 0 aliphatic heterocycles. The first kappa shape index (κ1) is 16.8. The zero-order chi connectivity index (χ0) is 15.8. The number of benzene rings is 1. The quantitative estimate of drug-likeness (QED) is 0.724. The molecule has 0 bridgehead atoms. The van der Waals surface area contributed by atoms with E-state index in [1.54, 1.807) is 0 Å². The molecule has 0 amide bonds. The van der Waals surface area contributed by atoms with Gasteiger partial charge in [0.25, 0.3) is 0 Å². The molecule has 0 spiro atoms. The van der Waals surface area contributed by atoms with Gasteiger partial charge in [0.05, 0.1) is 11.0 Å². The Bertz CT molecular complexity index is 553. The summed E-state index contributed by atoms with van der Waals surface area (Å²) in [6.07, 6.45) is 6.24. The largest absolute Gasteiger partial charge is 0.369 e. The van der Waals surface area contributed by atoms with E-state index in [9.17, 15) is 0 Å². The molecule has 4 heteroatoms. The maximum absolute atomic E-state index is 6.07. The molecule has 4 nitrogen and oxygen atoms in total. The molecular formula is C18H30N4. The number of hydrogen-bond acceptors (Lipinski definition) is 3. The lowest BCUT2D eigenvalue weighted by Gasteiger charge is -2.22. The van der Waals surface area contributed by atoms with E-state index < -0.39 is 0 Å². The van der Waals surface area contributed by atoms with Gasteiger partial charge in [0.2, 0.25) is 5.95 Å². The summed E-state index contributed by atoms with van der Waals surface area (Å²) in [5.41, 5.74) is 8.21. The van der Waals surface area contributed by atoms with Crippen molar-refractivity contribution in [1.82, 2.24) is 14.5 Å². The van der Waals surface area contributed by atoms with Crippen LogP contribution in [0.15, 0.2) is 24.3 Å². The SMILES string of the molecule is CCCCN(CCCC)CCCn1c(N)nc2ccccc21. The van der Waals surface area contributed by atoms with E-state index >= 15 is 0 Å². The van der Waals surface area contributed by atoms with Gasteiger partial charge in [-0.2, -0.15) is 0 Å². The van der Waals surface area contributed by atoms with E-state index in [1.165, 1.54) is 38.8 Å². The first-order chi connectivity index (χ1) is 10.8. The van der Waals surface area contributed by atoms with Gasteiger partial charge in [-0.05, 0) is 51.0 Å². The molecule has 0 saturated heterocycles. The van der Waals surface area contributed by atoms with Crippen molar-refractivity contribution in [2.45, 2.75) is 52.5 Å². The Kier molecular flexibility index (Phi) is 6.72. The van der Waals surface area contributed by atoms with Crippen LogP contribution < -0.4 is 5.73 Å². The van der Waals surface area contributed by atoms with Gasteiger partial charge in [0.15, 0.2) is 0 Å². The van der Waals surface area contributed by atoms with Gasteiger partial charge in [0.1, 0.15) is 0 Å². The van der Waals surface area contributed by atoms with Gasteiger partial charge in [-0.1, -0.05) is 38.8 Å². The van der Waals surface area contributed by atoms with Crippen molar-refractivity contribution >= 4 is 17.0 Å². The van der Waals surface area contributed by atoms with Crippen LogP contribution in [-0.2, 0) is 6.54 Å². The predicted molar refractivity (Wildman–Crippen MR) is 95.0 cm³/mol. The van der Waals surface area contributed by atoms with Crippen LogP contribution in [0, 0.1) is 0 Å². The number of anilines is 1. The molecule has 1 aromatic heterocycles. The molecule has 122 valence electrons. The Morgan fingerprint density at radius 2 is 1.64 bits per heavy atom. The van der Waals surface area contributed by atoms with E-state index in [4.69, 9.17) is 5.73 Å². The van der Waals surface area contributed by atoms with Crippen molar-refractivity contribution in [1.29, 1.82) is 0 Å². The van der Waals surface area contributed by atoms with Gasteiger partial charge < -0.3 is 15.2 Å². The summed E-state index contributed by atoms with van der Waals surface area (Å²) in [6.45, 7) is 9.05. The average molecular weight is 302 g/mol. The molecule has 2 aromatic rings. The molecule has 2 N–H and O–H groups in total. The normalized spacial score (nSPS) is 11.6. The first-order valence-corrected chi connectivity index (χ1v) is 8.69. The number of unbranched alkanes of at least 4 members (excludes halogenated alkanes) is 2. The number of imidazole rings is 1. The van der Waals surface area contributed by atoms with Crippen molar-refractivity contribution in [2.75, 3.05) is 25.4 Å². The Hall–Kier alpha value is -1.55. The summed E-state index contributed by atoms with van der Waals surface area (Å²) < 4.78 is 2.15. The number of fused-ring (bicyclic) bond motifs is 1. The van der Waals surface area contributed by atoms with Gasteiger partial charge in [-0.15, -0.1) is 0 Å². The molecular weight excluding hydrogens is 272 g/mol. The van der Waals surface area contributed by atoms with Gasteiger partial charge in [-0.25, -0.2) is 4.98 Å². The van der Waals surface area contributed by atoms with E-state index in [0.717, 1.165) is 30.5 Å². The lowest BCUT2D eigenvalue weighted by Crippen LogP contribution is -2.28. The highest BCUT2D eigenvalue weighted by Crippen LogP contribution is 2.17. The molecule has 1 heterocycles. The van der Waals surface area contributed by atoms with Crippen molar-refractivity contribution in [3.05, 3.63) is 24.3 Å². The number of nitrogen functional groups attached to an aromatic ring is 1. The lowest BCUT2D eigenvalue weighted by molar-refractivity contribution is 0.258. The van der Waals surface area contributed by atoms with Crippen molar-refractivity contribution in [2.24, 2.45) is 0 Å². The number of para-hydroxylation sites is 2.